The average molecular weight is 297 g/mol. The number of aromatic nitrogens is 1. The Morgan fingerprint density at radius 3 is 3.05 bits per heavy atom. The summed E-state index contributed by atoms with van der Waals surface area (Å²) >= 11 is 1.81. The number of aliphatic hydroxyl groups excluding tert-OH is 1. The second kappa shape index (κ2) is 5.32. The zero-order valence-electron chi connectivity index (χ0n) is 12.0. The third-order valence-corrected chi connectivity index (χ3v) is 5.46. The summed E-state index contributed by atoms with van der Waals surface area (Å²) in [5, 5.41) is 13.9. The zero-order chi connectivity index (χ0) is 14.2. The van der Waals surface area contributed by atoms with Crippen LogP contribution in [0.5, 0.6) is 0 Å². The molecule has 1 aliphatic carbocycles. The molecule has 2 nitrogen and oxygen atoms in total. The molecule has 2 aromatic heterocycles. The molecule has 0 amide bonds. The molecule has 3 aromatic rings. The van der Waals surface area contributed by atoms with Crippen LogP contribution < -0.4 is 0 Å². The highest BCUT2D eigenvalue weighted by atomic mass is 32.1. The van der Waals surface area contributed by atoms with E-state index in [-0.39, 0.29) is 6.10 Å². The van der Waals surface area contributed by atoms with Crippen molar-refractivity contribution >= 4 is 21.4 Å². The van der Waals surface area contributed by atoms with Gasteiger partial charge >= 0.3 is 0 Å². The van der Waals surface area contributed by atoms with Gasteiger partial charge in [0, 0.05) is 29.2 Å². The topological polar surface area (TPSA) is 25.2 Å². The van der Waals surface area contributed by atoms with Gasteiger partial charge in [-0.1, -0.05) is 24.6 Å². The summed E-state index contributed by atoms with van der Waals surface area (Å²) in [4.78, 5) is 0. The number of fused-ring (bicyclic) bond motifs is 2. The first-order valence-corrected chi connectivity index (χ1v) is 8.51. The van der Waals surface area contributed by atoms with Crippen molar-refractivity contribution in [2.75, 3.05) is 0 Å². The number of hydrogen-bond acceptors (Lipinski definition) is 2. The van der Waals surface area contributed by atoms with E-state index in [4.69, 9.17) is 0 Å². The molecule has 0 radical (unpaired) electrons. The SMILES string of the molecule is OC1CCCCc2cn(Cc3csc4ccccc34)cc21. The molecular weight excluding hydrogens is 278 g/mol. The smallest absolute Gasteiger partial charge is 0.0807 e. The first kappa shape index (κ1) is 13.1. The number of hydrogen-bond donors (Lipinski definition) is 1. The molecule has 1 unspecified atom stereocenters. The fraction of sp³-hybridized carbons (Fsp3) is 0.333. The summed E-state index contributed by atoms with van der Waals surface area (Å²) in [5.74, 6) is 0. The molecule has 2 heterocycles. The van der Waals surface area contributed by atoms with Gasteiger partial charge in [-0.15, -0.1) is 11.3 Å². The average Bonchev–Trinajstić information content (AvgIpc) is 3.05. The van der Waals surface area contributed by atoms with Crippen LogP contribution in [0.15, 0.2) is 42.0 Å². The van der Waals surface area contributed by atoms with E-state index < -0.39 is 0 Å². The van der Waals surface area contributed by atoms with Crippen LogP contribution in [0, 0.1) is 0 Å². The van der Waals surface area contributed by atoms with Gasteiger partial charge in [0.1, 0.15) is 0 Å². The number of nitrogens with zero attached hydrogens (tertiary/aromatic N) is 1. The van der Waals surface area contributed by atoms with Crippen LogP contribution >= 0.6 is 11.3 Å². The molecule has 21 heavy (non-hydrogen) atoms. The Bertz CT molecular complexity index is 770. The first-order valence-electron chi connectivity index (χ1n) is 7.63. The Morgan fingerprint density at radius 1 is 1.19 bits per heavy atom. The van der Waals surface area contributed by atoms with E-state index in [1.807, 2.05) is 11.3 Å². The third-order valence-electron chi connectivity index (χ3n) is 4.44. The molecule has 0 spiro atoms. The number of thiophene rings is 1. The lowest BCUT2D eigenvalue weighted by molar-refractivity contribution is 0.166. The van der Waals surface area contributed by atoms with Gasteiger partial charge in [0.15, 0.2) is 0 Å². The minimum atomic E-state index is -0.275. The lowest BCUT2D eigenvalue weighted by Gasteiger charge is -2.06. The molecule has 0 bridgehead atoms. The van der Waals surface area contributed by atoms with E-state index in [1.165, 1.54) is 27.6 Å². The molecule has 0 fully saturated rings. The summed E-state index contributed by atoms with van der Waals surface area (Å²) in [6, 6.07) is 8.58. The van der Waals surface area contributed by atoms with Gasteiger partial charge in [0.25, 0.3) is 0 Å². The fourth-order valence-corrected chi connectivity index (χ4v) is 4.29. The molecule has 0 saturated carbocycles. The van der Waals surface area contributed by atoms with Crippen LogP contribution in [-0.2, 0) is 13.0 Å². The van der Waals surface area contributed by atoms with Crippen molar-refractivity contribution < 1.29 is 5.11 Å². The molecule has 1 N–H and O–H groups in total. The Kier molecular flexibility index (Phi) is 3.32. The molecule has 1 aromatic carbocycles. The Morgan fingerprint density at radius 2 is 2.10 bits per heavy atom. The summed E-state index contributed by atoms with van der Waals surface area (Å²) in [6.45, 7) is 0.893. The fourth-order valence-electron chi connectivity index (χ4n) is 3.33. The predicted molar refractivity (Wildman–Crippen MR) is 87.9 cm³/mol. The minimum Gasteiger partial charge on any atom is -0.388 e. The standard InChI is InChI=1S/C18H19NOS/c20-17-7-3-1-5-13-9-19(11-16(13)17)10-14-12-21-18-8-4-2-6-15(14)18/h2,4,6,8-9,11-12,17,20H,1,3,5,7,10H2. The predicted octanol–water partition coefficient (Wildman–Crippen LogP) is 4.51. The van der Waals surface area contributed by atoms with Crippen LogP contribution in [0.3, 0.4) is 0 Å². The third kappa shape index (κ3) is 2.41. The molecule has 1 atom stereocenters. The van der Waals surface area contributed by atoms with Crippen molar-refractivity contribution in [2.24, 2.45) is 0 Å². The zero-order valence-corrected chi connectivity index (χ0v) is 12.8. The summed E-state index contributed by atoms with van der Waals surface area (Å²) < 4.78 is 3.59. The van der Waals surface area contributed by atoms with Crippen molar-refractivity contribution in [3.63, 3.8) is 0 Å². The maximum absolute atomic E-state index is 10.2. The molecule has 0 saturated heterocycles. The van der Waals surface area contributed by atoms with Crippen LogP contribution in [0.2, 0.25) is 0 Å². The van der Waals surface area contributed by atoms with Gasteiger partial charge in [-0.05, 0) is 47.2 Å². The van der Waals surface area contributed by atoms with Crippen molar-refractivity contribution in [1.82, 2.24) is 4.57 Å². The lowest BCUT2D eigenvalue weighted by Crippen LogP contribution is -1.97. The first-order chi connectivity index (χ1) is 10.3. The van der Waals surface area contributed by atoms with Gasteiger partial charge in [-0.3, -0.25) is 0 Å². The highest BCUT2D eigenvalue weighted by molar-refractivity contribution is 7.17. The van der Waals surface area contributed by atoms with Crippen LogP contribution in [-0.4, -0.2) is 9.67 Å². The second-order valence-corrected chi connectivity index (χ2v) is 6.84. The Labute approximate surface area is 128 Å². The molecule has 4 rings (SSSR count). The normalized spacial score (nSPS) is 18.6. The monoisotopic (exact) mass is 297 g/mol. The number of benzene rings is 1. The van der Waals surface area contributed by atoms with Gasteiger partial charge in [-0.25, -0.2) is 0 Å². The maximum atomic E-state index is 10.2. The van der Waals surface area contributed by atoms with Crippen LogP contribution in [0.4, 0.5) is 0 Å². The highest BCUT2D eigenvalue weighted by Crippen LogP contribution is 2.31. The second-order valence-electron chi connectivity index (χ2n) is 5.93. The molecule has 108 valence electrons. The van der Waals surface area contributed by atoms with Gasteiger partial charge in [0.2, 0.25) is 0 Å². The largest absolute Gasteiger partial charge is 0.388 e. The minimum absolute atomic E-state index is 0.275. The number of aryl methyl sites for hydroxylation is 1. The summed E-state index contributed by atoms with van der Waals surface area (Å²) in [6.07, 6.45) is 8.43. The quantitative estimate of drug-likeness (QED) is 0.692. The van der Waals surface area contributed by atoms with Gasteiger partial charge < -0.3 is 9.67 Å². The van der Waals surface area contributed by atoms with E-state index in [2.05, 4.69) is 46.6 Å². The van der Waals surface area contributed by atoms with Crippen LogP contribution in [0.1, 0.15) is 42.1 Å². The van der Waals surface area contributed by atoms with Gasteiger partial charge in [0.05, 0.1) is 6.10 Å². The van der Waals surface area contributed by atoms with E-state index in [1.54, 1.807) is 0 Å². The number of rotatable bonds is 2. The van der Waals surface area contributed by atoms with E-state index in [0.29, 0.717) is 0 Å². The van der Waals surface area contributed by atoms with Crippen molar-refractivity contribution in [3.05, 3.63) is 58.7 Å². The molecular formula is C18H19NOS. The van der Waals surface area contributed by atoms with E-state index >= 15 is 0 Å². The molecule has 3 heteroatoms. The van der Waals surface area contributed by atoms with Crippen molar-refractivity contribution in [1.29, 1.82) is 0 Å². The van der Waals surface area contributed by atoms with Crippen molar-refractivity contribution in [2.45, 2.75) is 38.3 Å². The van der Waals surface area contributed by atoms with E-state index in [9.17, 15) is 5.11 Å². The lowest BCUT2D eigenvalue weighted by atomic mass is 10.1. The number of aliphatic hydroxyl groups is 1. The van der Waals surface area contributed by atoms with Crippen LogP contribution in [0.25, 0.3) is 10.1 Å². The van der Waals surface area contributed by atoms with Crippen molar-refractivity contribution in [3.8, 4) is 0 Å². The maximum Gasteiger partial charge on any atom is 0.0807 e. The summed E-state index contributed by atoms with van der Waals surface area (Å²) in [5.41, 5.74) is 3.85. The van der Waals surface area contributed by atoms with E-state index in [0.717, 1.165) is 31.4 Å². The Hall–Kier alpha value is -1.58. The van der Waals surface area contributed by atoms with Gasteiger partial charge in [-0.2, -0.15) is 0 Å². The Balaban J connectivity index is 1.67. The summed E-state index contributed by atoms with van der Waals surface area (Å²) in [7, 11) is 0. The molecule has 1 aliphatic rings. The molecule has 0 aliphatic heterocycles. The highest BCUT2D eigenvalue weighted by Gasteiger charge is 2.18.